The second-order valence-electron chi connectivity index (χ2n) is 8.45. The maximum Gasteiger partial charge on any atom is 0.407 e. The van der Waals surface area contributed by atoms with Crippen LogP contribution in [0.2, 0.25) is 0 Å². The van der Waals surface area contributed by atoms with Gasteiger partial charge in [-0.1, -0.05) is 42.5 Å². The van der Waals surface area contributed by atoms with Crippen LogP contribution in [0.25, 0.3) is 0 Å². The molecular weight excluding hydrogens is 510 g/mol. The standard InChI is InChI=1S/C27H33N3O5S2/c1-2-34-27(33)29-24(14-6-11-21(35-26(28)32)17-20-9-4-3-5-10-20)25(31)30(18-22-12-7-15-36-22)19-23-13-8-16-37-23/h3-5,7-10,12-13,15-16,21,24H,2,6,11,14,17-19H2,1H3,(H2,28,32)(H,29,33)/t21?,24-/m0/s1. The average molecular weight is 544 g/mol. The van der Waals surface area contributed by atoms with E-state index in [-0.39, 0.29) is 12.5 Å². The Morgan fingerprint density at radius 2 is 1.59 bits per heavy atom. The Morgan fingerprint density at radius 1 is 0.946 bits per heavy atom. The van der Waals surface area contributed by atoms with Crippen LogP contribution in [0.3, 0.4) is 0 Å². The molecule has 2 atom stereocenters. The number of benzene rings is 1. The number of hydrogen-bond acceptors (Lipinski definition) is 7. The van der Waals surface area contributed by atoms with Gasteiger partial charge < -0.3 is 25.4 Å². The Labute approximate surface area is 225 Å². The number of nitrogens with two attached hydrogens (primary N) is 1. The molecule has 0 aliphatic carbocycles. The minimum absolute atomic E-state index is 0.190. The van der Waals surface area contributed by atoms with Gasteiger partial charge in [0, 0.05) is 16.2 Å². The molecule has 0 radical (unpaired) electrons. The normalized spacial score (nSPS) is 12.4. The first kappa shape index (κ1) is 28.2. The lowest BCUT2D eigenvalue weighted by Gasteiger charge is -2.27. The number of amides is 3. The first-order valence-corrected chi connectivity index (χ1v) is 14.0. The van der Waals surface area contributed by atoms with Crippen LogP contribution in [0.15, 0.2) is 65.4 Å². The van der Waals surface area contributed by atoms with E-state index in [4.69, 9.17) is 15.2 Å². The third-order valence-corrected chi connectivity index (χ3v) is 7.36. The van der Waals surface area contributed by atoms with E-state index < -0.39 is 24.3 Å². The zero-order valence-electron chi connectivity index (χ0n) is 20.8. The summed E-state index contributed by atoms with van der Waals surface area (Å²) >= 11 is 3.16. The number of ether oxygens (including phenoxy) is 2. The first-order chi connectivity index (χ1) is 17.9. The third kappa shape index (κ3) is 9.89. The predicted octanol–water partition coefficient (Wildman–Crippen LogP) is 5.33. The second-order valence-corrected chi connectivity index (χ2v) is 10.5. The topological polar surface area (TPSA) is 111 Å². The number of hydrogen-bond donors (Lipinski definition) is 2. The highest BCUT2D eigenvalue weighted by Crippen LogP contribution is 2.20. The van der Waals surface area contributed by atoms with Gasteiger partial charge in [-0.25, -0.2) is 9.59 Å². The highest BCUT2D eigenvalue weighted by Gasteiger charge is 2.28. The van der Waals surface area contributed by atoms with E-state index in [1.807, 2.05) is 65.4 Å². The molecular formula is C27H33N3O5S2. The summed E-state index contributed by atoms with van der Waals surface area (Å²) in [5.41, 5.74) is 6.32. The lowest BCUT2D eigenvalue weighted by Crippen LogP contribution is -2.48. The van der Waals surface area contributed by atoms with Crippen LogP contribution in [0, 0.1) is 0 Å². The highest BCUT2D eigenvalue weighted by molar-refractivity contribution is 7.10. The summed E-state index contributed by atoms with van der Waals surface area (Å²) in [6.07, 6.45) is -0.0286. The number of nitrogens with zero attached hydrogens (tertiary/aromatic N) is 1. The molecule has 3 N–H and O–H groups in total. The number of carbonyl (C=O) groups excluding carboxylic acids is 3. The predicted molar refractivity (Wildman–Crippen MR) is 145 cm³/mol. The summed E-state index contributed by atoms with van der Waals surface area (Å²) in [7, 11) is 0. The average Bonchev–Trinajstić information content (AvgIpc) is 3.57. The molecule has 10 heteroatoms. The van der Waals surface area contributed by atoms with Crippen LogP contribution >= 0.6 is 22.7 Å². The molecule has 2 aromatic heterocycles. The molecule has 0 aliphatic heterocycles. The van der Waals surface area contributed by atoms with Crippen molar-refractivity contribution >= 4 is 40.8 Å². The number of thiophene rings is 2. The smallest absolute Gasteiger partial charge is 0.407 e. The molecule has 0 aliphatic rings. The largest absolute Gasteiger partial charge is 0.450 e. The van der Waals surface area contributed by atoms with Crippen molar-refractivity contribution in [1.29, 1.82) is 0 Å². The molecule has 198 valence electrons. The summed E-state index contributed by atoms with van der Waals surface area (Å²) in [5.74, 6) is -0.190. The quantitative estimate of drug-likeness (QED) is 0.286. The summed E-state index contributed by atoms with van der Waals surface area (Å²) in [6.45, 7) is 2.80. The third-order valence-electron chi connectivity index (χ3n) is 5.64. The molecule has 2 heterocycles. The lowest BCUT2D eigenvalue weighted by atomic mass is 10.0. The van der Waals surface area contributed by atoms with Crippen LogP contribution in [0.4, 0.5) is 9.59 Å². The van der Waals surface area contributed by atoms with E-state index in [1.54, 1.807) is 34.5 Å². The fourth-order valence-corrected chi connectivity index (χ4v) is 5.42. The van der Waals surface area contributed by atoms with Crippen molar-refractivity contribution in [3.05, 3.63) is 80.7 Å². The van der Waals surface area contributed by atoms with Crippen molar-refractivity contribution in [2.45, 2.75) is 57.8 Å². The van der Waals surface area contributed by atoms with Gasteiger partial charge in [0.15, 0.2) is 0 Å². The Hall–Kier alpha value is -3.37. The van der Waals surface area contributed by atoms with E-state index in [0.717, 1.165) is 15.3 Å². The maximum absolute atomic E-state index is 13.7. The van der Waals surface area contributed by atoms with Crippen LogP contribution in [-0.4, -0.2) is 41.7 Å². The summed E-state index contributed by atoms with van der Waals surface area (Å²) in [4.78, 5) is 41.4. The van der Waals surface area contributed by atoms with Crippen LogP contribution in [0.5, 0.6) is 0 Å². The molecule has 0 saturated heterocycles. The van der Waals surface area contributed by atoms with E-state index in [2.05, 4.69) is 5.32 Å². The van der Waals surface area contributed by atoms with Crippen molar-refractivity contribution < 1.29 is 23.9 Å². The summed E-state index contributed by atoms with van der Waals surface area (Å²) < 4.78 is 10.4. The Kier molecular flexibility index (Phi) is 11.4. The van der Waals surface area contributed by atoms with E-state index in [1.165, 1.54) is 0 Å². The maximum atomic E-state index is 13.7. The van der Waals surface area contributed by atoms with Crippen molar-refractivity contribution in [1.82, 2.24) is 10.2 Å². The van der Waals surface area contributed by atoms with Gasteiger partial charge in [-0.05, 0) is 54.6 Å². The van der Waals surface area contributed by atoms with E-state index in [9.17, 15) is 14.4 Å². The number of nitrogens with one attached hydrogen (secondary N) is 1. The van der Waals surface area contributed by atoms with Crippen molar-refractivity contribution in [2.24, 2.45) is 5.73 Å². The monoisotopic (exact) mass is 543 g/mol. The number of primary amides is 1. The summed E-state index contributed by atoms with van der Waals surface area (Å²) in [6, 6.07) is 16.8. The Balaban J connectivity index is 1.71. The molecule has 3 aromatic rings. The van der Waals surface area contributed by atoms with Crippen LogP contribution in [0.1, 0.15) is 41.5 Å². The molecule has 1 aromatic carbocycles. The van der Waals surface area contributed by atoms with Gasteiger partial charge >= 0.3 is 12.2 Å². The van der Waals surface area contributed by atoms with Gasteiger partial charge in [-0.2, -0.15) is 0 Å². The van der Waals surface area contributed by atoms with Gasteiger partial charge in [0.2, 0.25) is 5.91 Å². The van der Waals surface area contributed by atoms with Crippen LogP contribution in [-0.2, 0) is 33.8 Å². The van der Waals surface area contributed by atoms with E-state index in [0.29, 0.717) is 38.8 Å². The SMILES string of the molecule is CCOC(=O)N[C@@H](CCCC(Cc1ccccc1)OC(N)=O)C(=O)N(Cc1cccs1)Cc1cccs1. The van der Waals surface area contributed by atoms with Gasteiger partial charge in [0.25, 0.3) is 0 Å². The molecule has 37 heavy (non-hydrogen) atoms. The Bertz CT molecular complexity index is 1050. The molecule has 3 rings (SSSR count). The minimum Gasteiger partial charge on any atom is -0.450 e. The zero-order chi connectivity index (χ0) is 26.5. The van der Waals surface area contributed by atoms with Crippen molar-refractivity contribution in [3.63, 3.8) is 0 Å². The molecule has 0 saturated carbocycles. The van der Waals surface area contributed by atoms with Crippen molar-refractivity contribution in [2.75, 3.05) is 6.61 Å². The Morgan fingerprint density at radius 3 is 2.14 bits per heavy atom. The number of alkyl carbamates (subject to hydrolysis) is 1. The van der Waals surface area contributed by atoms with Gasteiger partial charge in [-0.3, -0.25) is 4.79 Å². The molecule has 0 spiro atoms. The molecule has 3 amide bonds. The first-order valence-electron chi connectivity index (χ1n) is 12.2. The molecule has 0 fully saturated rings. The summed E-state index contributed by atoms with van der Waals surface area (Å²) in [5, 5.41) is 6.69. The van der Waals surface area contributed by atoms with E-state index >= 15 is 0 Å². The fraction of sp³-hybridized carbons (Fsp3) is 0.370. The highest BCUT2D eigenvalue weighted by atomic mass is 32.1. The van der Waals surface area contributed by atoms with Crippen molar-refractivity contribution in [3.8, 4) is 0 Å². The second kappa shape index (κ2) is 15.0. The molecule has 8 nitrogen and oxygen atoms in total. The van der Waals surface area contributed by atoms with Gasteiger partial charge in [-0.15, -0.1) is 22.7 Å². The molecule has 1 unspecified atom stereocenters. The van der Waals surface area contributed by atoms with Gasteiger partial charge in [0.05, 0.1) is 19.7 Å². The minimum atomic E-state index is -0.837. The fourth-order valence-electron chi connectivity index (χ4n) is 3.98. The lowest BCUT2D eigenvalue weighted by molar-refractivity contribution is -0.134. The number of carbonyl (C=O) groups is 3. The van der Waals surface area contributed by atoms with Gasteiger partial charge in [0.1, 0.15) is 12.1 Å². The van der Waals surface area contributed by atoms with Crippen LogP contribution < -0.4 is 11.1 Å². The molecule has 0 bridgehead atoms. The zero-order valence-corrected chi connectivity index (χ0v) is 22.5. The number of rotatable bonds is 14.